The van der Waals surface area contributed by atoms with Gasteiger partial charge in [-0.2, -0.15) is 0 Å². The van der Waals surface area contributed by atoms with E-state index in [4.69, 9.17) is 9.15 Å². The summed E-state index contributed by atoms with van der Waals surface area (Å²) in [7, 11) is 0. The Hall–Kier alpha value is -2.55. The minimum absolute atomic E-state index is 0.0273. The standard InChI is InChI=1S/C17H14O3/c1-2-19-13-8-9-14-16(10-13)20-11-15(17(14)18)12-6-4-3-5-7-12/h3-11H,2H2,1H3. The van der Waals surface area contributed by atoms with E-state index in [1.54, 1.807) is 18.2 Å². The SMILES string of the molecule is CCOc1ccc2c(=O)c(-c3ccccc3)coc2c1. The van der Waals surface area contributed by atoms with Crippen LogP contribution in [0.15, 0.2) is 64.0 Å². The van der Waals surface area contributed by atoms with Crippen LogP contribution in [0.25, 0.3) is 22.1 Å². The molecule has 3 heteroatoms. The van der Waals surface area contributed by atoms with Gasteiger partial charge in [-0.05, 0) is 24.6 Å². The molecule has 0 saturated carbocycles. The molecule has 0 bridgehead atoms. The molecule has 0 fully saturated rings. The Bertz CT molecular complexity index is 788. The number of rotatable bonds is 3. The third kappa shape index (κ3) is 2.18. The molecule has 0 radical (unpaired) electrons. The average molecular weight is 266 g/mol. The van der Waals surface area contributed by atoms with Gasteiger partial charge in [0.25, 0.3) is 0 Å². The number of hydrogen-bond acceptors (Lipinski definition) is 3. The number of benzene rings is 2. The highest BCUT2D eigenvalue weighted by Gasteiger charge is 2.09. The van der Waals surface area contributed by atoms with Gasteiger partial charge in [-0.3, -0.25) is 4.79 Å². The van der Waals surface area contributed by atoms with Crippen molar-refractivity contribution in [1.82, 2.24) is 0 Å². The fraction of sp³-hybridized carbons (Fsp3) is 0.118. The van der Waals surface area contributed by atoms with Crippen molar-refractivity contribution in [3.8, 4) is 16.9 Å². The quantitative estimate of drug-likeness (QED) is 0.722. The minimum atomic E-state index is -0.0273. The second kappa shape index (κ2) is 5.21. The predicted octanol–water partition coefficient (Wildman–Crippen LogP) is 3.86. The molecule has 1 heterocycles. The highest BCUT2D eigenvalue weighted by molar-refractivity contribution is 5.82. The molecule has 2 aromatic carbocycles. The van der Waals surface area contributed by atoms with Crippen molar-refractivity contribution in [3.63, 3.8) is 0 Å². The molecule has 100 valence electrons. The van der Waals surface area contributed by atoms with Crippen molar-refractivity contribution in [2.24, 2.45) is 0 Å². The maximum atomic E-state index is 12.5. The molecule has 0 aliphatic carbocycles. The van der Waals surface area contributed by atoms with Crippen LogP contribution in [0.1, 0.15) is 6.92 Å². The molecular weight excluding hydrogens is 252 g/mol. The van der Waals surface area contributed by atoms with Crippen LogP contribution < -0.4 is 10.2 Å². The van der Waals surface area contributed by atoms with Crippen LogP contribution >= 0.6 is 0 Å². The number of hydrogen-bond donors (Lipinski definition) is 0. The molecule has 0 aliphatic heterocycles. The zero-order chi connectivity index (χ0) is 13.9. The average Bonchev–Trinajstić information content (AvgIpc) is 2.49. The van der Waals surface area contributed by atoms with Crippen LogP contribution in [-0.2, 0) is 0 Å². The molecule has 0 aliphatic rings. The van der Waals surface area contributed by atoms with Crippen molar-refractivity contribution in [2.75, 3.05) is 6.61 Å². The van der Waals surface area contributed by atoms with Gasteiger partial charge in [0.1, 0.15) is 17.6 Å². The summed E-state index contributed by atoms with van der Waals surface area (Å²) < 4.78 is 11.0. The smallest absolute Gasteiger partial charge is 0.200 e. The van der Waals surface area contributed by atoms with E-state index in [2.05, 4.69) is 0 Å². The van der Waals surface area contributed by atoms with Gasteiger partial charge in [-0.25, -0.2) is 0 Å². The van der Waals surface area contributed by atoms with Gasteiger partial charge in [-0.1, -0.05) is 30.3 Å². The van der Waals surface area contributed by atoms with Crippen LogP contribution in [0.4, 0.5) is 0 Å². The largest absolute Gasteiger partial charge is 0.494 e. The van der Waals surface area contributed by atoms with Gasteiger partial charge in [0.2, 0.25) is 0 Å². The Morgan fingerprint density at radius 1 is 1.10 bits per heavy atom. The third-order valence-corrected chi connectivity index (χ3v) is 3.14. The van der Waals surface area contributed by atoms with E-state index in [9.17, 15) is 4.79 Å². The highest BCUT2D eigenvalue weighted by Crippen LogP contribution is 2.22. The normalized spacial score (nSPS) is 10.7. The first-order valence-electron chi connectivity index (χ1n) is 6.53. The van der Waals surface area contributed by atoms with Crippen molar-refractivity contribution < 1.29 is 9.15 Å². The molecule has 3 rings (SSSR count). The Balaban J connectivity index is 2.17. The molecule has 0 saturated heterocycles. The third-order valence-electron chi connectivity index (χ3n) is 3.14. The van der Waals surface area contributed by atoms with Gasteiger partial charge in [-0.15, -0.1) is 0 Å². The lowest BCUT2D eigenvalue weighted by molar-refractivity contribution is 0.340. The monoisotopic (exact) mass is 266 g/mol. The predicted molar refractivity (Wildman–Crippen MR) is 79.1 cm³/mol. The Morgan fingerprint density at radius 3 is 2.65 bits per heavy atom. The summed E-state index contributed by atoms with van der Waals surface area (Å²) in [6.07, 6.45) is 1.51. The van der Waals surface area contributed by atoms with E-state index in [1.807, 2.05) is 37.3 Å². The maximum Gasteiger partial charge on any atom is 0.200 e. The van der Waals surface area contributed by atoms with E-state index in [0.29, 0.717) is 28.9 Å². The van der Waals surface area contributed by atoms with Crippen molar-refractivity contribution in [3.05, 3.63) is 65.0 Å². The van der Waals surface area contributed by atoms with Gasteiger partial charge in [0.15, 0.2) is 5.43 Å². The van der Waals surface area contributed by atoms with Crippen molar-refractivity contribution >= 4 is 11.0 Å². The van der Waals surface area contributed by atoms with Crippen molar-refractivity contribution in [1.29, 1.82) is 0 Å². The molecule has 0 amide bonds. The summed E-state index contributed by atoms with van der Waals surface area (Å²) in [5.41, 5.74) is 1.94. The first-order valence-corrected chi connectivity index (χ1v) is 6.53. The Kier molecular flexibility index (Phi) is 3.25. The van der Waals surface area contributed by atoms with E-state index in [1.165, 1.54) is 6.26 Å². The van der Waals surface area contributed by atoms with E-state index in [0.717, 1.165) is 5.56 Å². The van der Waals surface area contributed by atoms with Crippen LogP contribution in [0.2, 0.25) is 0 Å². The first kappa shape index (κ1) is 12.5. The molecule has 1 aromatic heterocycles. The maximum absolute atomic E-state index is 12.5. The molecule has 0 atom stereocenters. The summed E-state index contributed by atoms with van der Waals surface area (Å²) >= 11 is 0. The van der Waals surface area contributed by atoms with Gasteiger partial charge in [0.05, 0.1) is 17.6 Å². The summed E-state index contributed by atoms with van der Waals surface area (Å²) in [5, 5.41) is 0.565. The van der Waals surface area contributed by atoms with E-state index in [-0.39, 0.29) is 5.43 Å². The highest BCUT2D eigenvalue weighted by atomic mass is 16.5. The van der Waals surface area contributed by atoms with E-state index < -0.39 is 0 Å². The second-order valence-corrected chi connectivity index (χ2v) is 4.44. The van der Waals surface area contributed by atoms with Crippen LogP contribution in [-0.4, -0.2) is 6.61 Å². The van der Waals surface area contributed by atoms with Gasteiger partial charge < -0.3 is 9.15 Å². The zero-order valence-electron chi connectivity index (χ0n) is 11.1. The summed E-state index contributed by atoms with van der Waals surface area (Å²) in [6.45, 7) is 2.50. The fourth-order valence-electron chi connectivity index (χ4n) is 2.18. The van der Waals surface area contributed by atoms with Crippen LogP contribution in [0.5, 0.6) is 5.75 Å². The first-order chi connectivity index (χ1) is 9.79. The summed E-state index contributed by atoms with van der Waals surface area (Å²) in [6, 6.07) is 14.8. The molecule has 0 spiro atoms. The molecular formula is C17H14O3. The number of fused-ring (bicyclic) bond motifs is 1. The molecule has 3 aromatic rings. The lowest BCUT2D eigenvalue weighted by atomic mass is 10.1. The van der Waals surface area contributed by atoms with Crippen molar-refractivity contribution in [2.45, 2.75) is 6.92 Å². The molecule has 20 heavy (non-hydrogen) atoms. The van der Waals surface area contributed by atoms with Crippen LogP contribution in [0, 0.1) is 0 Å². The summed E-state index contributed by atoms with van der Waals surface area (Å²) in [4.78, 5) is 12.5. The fourth-order valence-corrected chi connectivity index (χ4v) is 2.18. The van der Waals surface area contributed by atoms with Gasteiger partial charge in [0, 0.05) is 6.07 Å². The Labute approximate surface area is 116 Å². The topological polar surface area (TPSA) is 39.4 Å². The minimum Gasteiger partial charge on any atom is -0.494 e. The van der Waals surface area contributed by atoms with Gasteiger partial charge >= 0.3 is 0 Å². The second-order valence-electron chi connectivity index (χ2n) is 4.44. The molecule has 0 N–H and O–H groups in total. The van der Waals surface area contributed by atoms with E-state index >= 15 is 0 Å². The molecule has 0 unspecified atom stereocenters. The Morgan fingerprint density at radius 2 is 1.90 bits per heavy atom. The van der Waals surface area contributed by atoms with Crippen LogP contribution in [0.3, 0.4) is 0 Å². The molecule has 3 nitrogen and oxygen atoms in total. The lowest BCUT2D eigenvalue weighted by Gasteiger charge is -2.05. The lowest BCUT2D eigenvalue weighted by Crippen LogP contribution is -2.04. The summed E-state index contributed by atoms with van der Waals surface area (Å²) in [5.74, 6) is 0.704. The number of ether oxygens (including phenoxy) is 1. The zero-order valence-corrected chi connectivity index (χ0v) is 11.1.